The Kier molecular flexibility index (Phi) is 3.11. The largest absolute Gasteiger partial charge is 0.378 e. The Labute approximate surface area is 124 Å². The molecule has 112 valence electrons. The molecule has 3 aromatic rings. The second-order valence-electron chi connectivity index (χ2n) is 4.84. The van der Waals surface area contributed by atoms with Crippen molar-refractivity contribution in [3.8, 4) is 11.4 Å². The molecule has 1 saturated heterocycles. The monoisotopic (exact) mass is 301 g/mol. The number of aromatic nitrogens is 6. The Morgan fingerprint density at radius 3 is 2.45 bits per heavy atom. The van der Waals surface area contributed by atoms with Gasteiger partial charge in [0.15, 0.2) is 5.82 Å². The minimum atomic E-state index is -0.306. The Balaban J connectivity index is 1.77. The SMILES string of the molecule is Fc1ccc(-c2nnc3nnc(N4CCOCC4)nn23)cc1. The quantitative estimate of drug-likeness (QED) is 0.684. The summed E-state index contributed by atoms with van der Waals surface area (Å²) < 4.78 is 19.9. The smallest absolute Gasteiger partial charge is 0.291 e. The second kappa shape index (κ2) is 5.26. The minimum Gasteiger partial charge on any atom is -0.378 e. The molecule has 1 aliphatic heterocycles. The predicted octanol–water partition coefficient (Wildman–Crippen LogP) is 0.557. The van der Waals surface area contributed by atoms with Crippen molar-refractivity contribution in [2.45, 2.75) is 0 Å². The van der Waals surface area contributed by atoms with Crippen LogP contribution in [0.3, 0.4) is 0 Å². The van der Waals surface area contributed by atoms with Gasteiger partial charge in [0.2, 0.25) is 0 Å². The van der Waals surface area contributed by atoms with Gasteiger partial charge in [0.25, 0.3) is 11.7 Å². The van der Waals surface area contributed by atoms with E-state index in [0.717, 1.165) is 0 Å². The molecule has 0 N–H and O–H groups in total. The number of morpholine rings is 1. The molecule has 1 fully saturated rings. The maximum atomic E-state index is 13.0. The lowest BCUT2D eigenvalue weighted by atomic mass is 10.2. The summed E-state index contributed by atoms with van der Waals surface area (Å²) in [7, 11) is 0. The van der Waals surface area contributed by atoms with Crippen LogP contribution in [0.2, 0.25) is 0 Å². The zero-order valence-electron chi connectivity index (χ0n) is 11.6. The van der Waals surface area contributed by atoms with Gasteiger partial charge in [-0.05, 0) is 24.3 Å². The average Bonchev–Trinajstić information content (AvgIpc) is 2.99. The highest BCUT2D eigenvalue weighted by Gasteiger charge is 2.17. The van der Waals surface area contributed by atoms with Crippen molar-refractivity contribution in [1.82, 2.24) is 30.0 Å². The third-order valence-corrected chi connectivity index (χ3v) is 3.44. The van der Waals surface area contributed by atoms with Crippen LogP contribution in [0.15, 0.2) is 24.3 Å². The summed E-state index contributed by atoms with van der Waals surface area (Å²) >= 11 is 0. The van der Waals surface area contributed by atoms with Crippen molar-refractivity contribution in [2.24, 2.45) is 0 Å². The van der Waals surface area contributed by atoms with Gasteiger partial charge in [-0.1, -0.05) is 0 Å². The van der Waals surface area contributed by atoms with Gasteiger partial charge in [-0.15, -0.1) is 25.5 Å². The van der Waals surface area contributed by atoms with Crippen molar-refractivity contribution in [3.05, 3.63) is 30.1 Å². The van der Waals surface area contributed by atoms with Crippen LogP contribution in [-0.4, -0.2) is 56.3 Å². The molecule has 0 spiro atoms. The Bertz CT molecular complexity index is 798. The van der Waals surface area contributed by atoms with E-state index in [4.69, 9.17) is 4.74 Å². The number of fused-ring (bicyclic) bond motifs is 1. The van der Waals surface area contributed by atoms with Crippen LogP contribution in [0.1, 0.15) is 0 Å². The maximum absolute atomic E-state index is 13.0. The normalized spacial score (nSPS) is 15.4. The highest BCUT2D eigenvalue weighted by Crippen LogP contribution is 2.18. The van der Waals surface area contributed by atoms with Gasteiger partial charge in [0.1, 0.15) is 5.82 Å². The number of hydrogen-bond acceptors (Lipinski definition) is 7. The van der Waals surface area contributed by atoms with Crippen LogP contribution in [0.25, 0.3) is 17.2 Å². The first-order chi connectivity index (χ1) is 10.8. The van der Waals surface area contributed by atoms with Crippen LogP contribution >= 0.6 is 0 Å². The number of rotatable bonds is 2. The van der Waals surface area contributed by atoms with Gasteiger partial charge in [0, 0.05) is 18.7 Å². The van der Waals surface area contributed by atoms with Crippen LogP contribution in [0, 0.1) is 5.82 Å². The van der Waals surface area contributed by atoms with Crippen LogP contribution in [0.5, 0.6) is 0 Å². The first-order valence-electron chi connectivity index (χ1n) is 6.86. The van der Waals surface area contributed by atoms with E-state index < -0.39 is 0 Å². The van der Waals surface area contributed by atoms with Crippen LogP contribution in [-0.2, 0) is 4.74 Å². The molecule has 0 atom stereocenters. The molecule has 0 aliphatic carbocycles. The molecule has 3 heterocycles. The van der Waals surface area contributed by atoms with Gasteiger partial charge < -0.3 is 9.64 Å². The lowest BCUT2D eigenvalue weighted by Crippen LogP contribution is -2.37. The lowest BCUT2D eigenvalue weighted by Gasteiger charge is -2.25. The number of hydrogen-bond donors (Lipinski definition) is 0. The fourth-order valence-corrected chi connectivity index (χ4v) is 2.29. The molecule has 4 rings (SSSR count). The van der Waals surface area contributed by atoms with Crippen molar-refractivity contribution in [1.29, 1.82) is 0 Å². The van der Waals surface area contributed by atoms with Crippen LogP contribution < -0.4 is 4.90 Å². The van der Waals surface area contributed by atoms with Crippen molar-refractivity contribution >= 4 is 11.7 Å². The summed E-state index contributed by atoms with van der Waals surface area (Å²) in [6.45, 7) is 2.69. The topological polar surface area (TPSA) is 81.3 Å². The van der Waals surface area contributed by atoms with Crippen molar-refractivity contribution in [2.75, 3.05) is 31.2 Å². The molecule has 9 heteroatoms. The number of benzene rings is 1. The number of anilines is 1. The number of nitrogens with zero attached hydrogens (tertiary/aromatic N) is 7. The molecule has 2 aromatic heterocycles. The van der Waals surface area contributed by atoms with E-state index in [0.29, 0.717) is 49.4 Å². The second-order valence-corrected chi connectivity index (χ2v) is 4.84. The fourth-order valence-electron chi connectivity index (χ4n) is 2.29. The standard InChI is InChI=1S/C13H12FN7O/c14-10-3-1-9(2-4-10)11-15-16-12-17-18-13(19-21(11)12)20-5-7-22-8-6-20/h1-4H,5-8H2. The average molecular weight is 301 g/mol. The minimum absolute atomic E-state index is 0.302. The summed E-state index contributed by atoms with van der Waals surface area (Å²) in [6, 6.07) is 5.99. The van der Waals surface area contributed by atoms with E-state index >= 15 is 0 Å². The summed E-state index contributed by atoms with van der Waals surface area (Å²) in [5, 5.41) is 20.6. The number of halogens is 1. The molecule has 1 aliphatic rings. The van der Waals surface area contributed by atoms with Crippen molar-refractivity contribution < 1.29 is 9.13 Å². The molecule has 0 unspecified atom stereocenters. The zero-order valence-corrected chi connectivity index (χ0v) is 11.6. The van der Waals surface area contributed by atoms with E-state index in [2.05, 4.69) is 25.5 Å². The van der Waals surface area contributed by atoms with E-state index in [9.17, 15) is 4.39 Å². The third kappa shape index (κ3) is 2.25. The summed E-state index contributed by atoms with van der Waals surface area (Å²) in [5.74, 6) is 0.994. The maximum Gasteiger partial charge on any atom is 0.291 e. The molecule has 1 aromatic carbocycles. The molecule has 22 heavy (non-hydrogen) atoms. The van der Waals surface area contributed by atoms with E-state index in [1.165, 1.54) is 16.6 Å². The van der Waals surface area contributed by atoms with E-state index in [1.807, 2.05) is 4.90 Å². The van der Waals surface area contributed by atoms with E-state index in [-0.39, 0.29) is 5.82 Å². The first kappa shape index (κ1) is 13.0. The van der Waals surface area contributed by atoms with Crippen molar-refractivity contribution in [3.63, 3.8) is 0 Å². The fraction of sp³-hybridized carbons (Fsp3) is 0.308. The predicted molar refractivity (Wildman–Crippen MR) is 74.8 cm³/mol. The molecular weight excluding hydrogens is 289 g/mol. The zero-order chi connectivity index (χ0) is 14.9. The van der Waals surface area contributed by atoms with Gasteiger partial charge in [-0.2, -0.15) is 4.52 Å². The number of ether oxygens (including phenoxy) is 1. The highest BCUT2D eigenvalue weighted by atomic mass is 19.1. The van der Waals surface area contributed by atoms with Gasteiger partial charge in [-0.3, -0.25) is 0 Å². The molecule has 8 nitrogen and oxygen atoms in total. The first-order valence-corrected chi connectivity index (χ1v) is 6.86. The molecule has 0 radical (unpaired) electrons. The van der Waals surface area contributed by atoms with Crippen LogP contribution in [0.4, 0.5) is 10.3 Å². The lowest BCUT2D eigenvalue weighted by molar-refractivity contribution is 0.122. The molecule has 0 saturated carbocycles. The Hall–Kier alpha value is -2.68. The van der Waals surface area contributed by atoms with Gasteiger partial charge in [0.05, 0.1) is 13.2 Å². The molecule has 0 amide bonds. The summed E-state index contributed by atoms with van der Waals surface area (Å²) in [4.78, 5) is 1.99. The molecular formula is C13H12FN7O. The van der Waals surface area contributed by atoms with Gasteiger partial charge in [-0.25, -0.2) is 4.39 Å². The Morgan fingerprint density at radius 1 is 0.955 bits per heavy atom. The van der Waals surface area contributed by atoms with Gasteiger partial charge >= 0.3 is 0 Å². The summed E-state index contributed by atoms with van der Waals surface area (Å²) in [6.07, 6.45) is 0. The summed E-state index contributed by atoms with van der Waals surface area (Å²) in [5.41, 5.74) is 0.710. The Morgan fingerprint density at radius 2 is 1.68 bits per heavy atom. The molecule has 0 bridgehead atoms. The van der Waals surface area contributed by atoms with E-state index in [1.54, 1.807) is 12.1 Å². The third-order valence-electron chi connectivity index (χ3n) is 3.44. The highest BCUT2D eigenvalue weighted by molar-refractivity contribution is 5.57.